The van der Waals surface area contributed by atoms with Gasteiger partial charge in [0.05, 0.1) is 17.7 Å². The first-order valence-corrected chi connectivity index (χ1v) is 11.0. The number of hydrogen-bond donors (Lipinski definition) is 2. The Morgan fingerprint density at radius 3 is 2.72 bits per heavy atom. The van der Waals surface area contributed by atoms with Crippen molar-refractivity contribution in [2.24, 2.45) is 16.8 Å². The molecule has 1 aliphatic carbocycles. The molecule has 164 valence electrons. The Hall–Kier alpha value is -3.29. The number of hydrazone groups is 1. The van der Waals surface area contributed by atoms with Gasteiger partial charge in [-0.1, -0.05) is 30.3 Å². The third-order valence-electron chi connectivity index (χ3n) is 6.69. The van der Waals surface area contributed by atoms with Crippen LogP contribution in [0.5, 0.6) is 0 Å². The van der Waals surface area contributed by atoms with E-state index in [2.05, 4.69) is 56.6 Å². The minimum Gasteiger partial charge on any atom is -0.369 e. The zero-order valence-electron chi connectivity index (χ0n) is 18.2. The predicted octanol–water partition coefficient (Wildman–Crippen LogP) is 2.31. The second kappa shape index (κ2) is 8.33. The van der Waals surface area contributed by atoms with Gasteiger partial charge >= 0.3 is 0 Å². The fraction of sp³-hybridized carbons (Fsp3) is 0.320. The normalized spacial score (nSPS) is 23.6. The van der Waals surface area contributed by atoms with Gasteiger partial charge in [-0.2, -0.15) is 5.10 Å². The monoisotopic (exact) mass is 428 g/mol. The van der Waals surface area contributed by atoms with Gasteiger partial charge < -0.3 is 15.5 Å². The fourth-order valence-corrected chi connectivity index (χ4v) is 4.48. The van der Waals surface area contributed by atoms with E-state index in [1.807, 2.05) is 30.5 Å². The Morgan fingerprint density at radius 2 is 1.94 bits per heavy atom. The molecule has 1 aliphatic heterocycles. The SMILES string of the molecule is CN1CCN(c2ccc(C3(N)CC3C(=O)N/N=C/c3cccc4cnccc34)cc2)CC1. The van der Waals surface area contributed by atoms with E-state index in [0.717, 1.165) is 48.1 Å². The van der Waals surface area contributed by atoms with Gasteiger partial charge in [0.2, 0.25) is 5.91 Å². The maximum absolute atomic E-state index is 12.7. The average molecular weight is 429 g/mol. The number of rotatable bonds is 5. The number of pyridine rings is 1. The number of nitrogens with one attached hydrogen (secondary N) is 1. The Bertz CT molecular complexity index is 1150. The van der Waals surface area contributed by atoms with Crippen molar-refractivity contribution in [2.45, 2.75) is 12.0 Å². The van der Waals surface area contributed by atoms with Crippen LogP contribution in [0.2, 0.25) is 0 Å². The number of carbonyl (C=O) groups is 1. The second-order valence-electron chi connectivity index (χ2n) is 8.81. The second-order valence-corrected chi connectivity index (χ2v) is 8.81. The number of anilines is 1. The van der Waals surface area contributed by atoms with Gasteiger partial charge in [0.15, 0.2) is 0 Å². The van der Waals surface area contributed by atoms with Crippen molar-refractivity contribution in [3.63, 3.8) is 0 Å². The smallest absolute Gasteiger partial charge is 0.245 e. The van der Waals surface area contributed by atoms with Crippen LogP contribution in [0.1, 0.15) is 17.5 Å². The third-order valence-corrected chi connectivity index (χ3v) is 6.69. The summed E-state index contributed by atoms with van der Waals surface area (Å²) >= 11 is 0. The van der Waals surface area contributed by atoms with Crippen LogP contribution in [-0.4, -0.2) is 55.2 Å². The number of hydrogen-bond acceptors (Lipinski definition) is 6. The molecule has 3 aromatic rings. The summed E-state index contributed by atoms with van der Waals surface area (Å²) < 4.78 is 0. The van der Waals surface area contributed by atoms with E-state index in [1.54, 1.807) is 12.4 Å². The molecular weight excluding hydrogens is 400 g/mol. The molecule has 0 radical (unpaired) electrons. The maximum atomic E-state index is 12.7. The van der Waals surface area contributed by atoms with E-state index in [4.69, 9.17) is 5.73 Å². The highest BCUT2D eigenvalue weighted by Gasteiger charge is 2.56. The molecule has 0 spiro atoms. The summed E-state index contributed by atoms with van der Waals surface area (Å²) in [6.45, 7) is 4.20. The molecule has 7 nitrogen and oxygen atoms in total. The van der Waals surface area contributed by atoms with Gasteiger partial charge in [-0.3, -0.25) is 9.78 Å². The summed E-state index contributed by atoms with van der Waals surface area (Å²) in [6, 6.07) is 16.2. The number of carbonyl (C=O) groups excluding carboxylic acids is 1. The Kier molecular flexibility index (Phi) is 5.36. The molecule has 1 amide bonds. The molecule has 1 aromatic heterocycles. The Labute approximate surface area is 187 Å². The topological polar surface area (TPSA) is 86.9 Å². The lowest BCUT2D eigenvalue weighted by Gasteiger charge is -2.34. The minimum atomic E-state index is -0.620. The molecule has 5 rings (SSSR count). The van der Waals surface area contributed by atoms with E-state index in [0.29, 0.717) is 6.42 Å². The molecule has 1 saturated heterocycles. The standard InChI is InChI=1S/C25H28N6O/c1-30-11-13-31(14-12-30)21-7-5-20(6-8-21)25(26)15-23(25)24(32)29-28-17-19-4-2-3-18-16-27-10-9-22(18)19/h2-10,16-17,23H,11-15,26H2,1H3,(H,29,32)/b28-17+. The van der Waals surface area contributed by atoms with Crippen LogP contribution in [0.15, 0.2) is 66.0 Å². The molecule has 0 bridgehead atoms. The van der Waals surface area contributed by atoms with E-state index in [-0.39, 0.29) is 11.8 Å². The summed E-state index contributed by atoms with van der Waals surface area (Å²) in [7, 11) is 2.15. The molecule has 2 unspecified atom stereocenters. The van der Waals surface area contributed by atoms with Crippen molar-refractivity contribution in [3.8, 4) is 0 Å². The number of benzene rings is 2. The van der Waals surface area contributed by atoms with E-state index in [1.165, 1.54) is 5.69 Å². The summed E-state index contributed by atoms with van der Waals surface area (Å²) in [5.74, 6) is -0.417. The number of aromatic nitrogens is 1. The van der Waals surface area contributed by atoms with Gasteiger partial charge in [-0.25, -0.2) is 5.43 Å². The van der Waals surface area contributed by atoms with Crippen molar-refractivity contribution in [3.05, 3.63) is 72.1 Å². The number of piperazine rings is 1. The fourth-order valence-electron chi connectivity index (χ4n) is 4.48. The average Bonchev–Trinajstić information content (AvgIpc) is 3.53. The number of amides is 1. The first kappa shape index (κ1) is 20.6. The van der Waals surface area contributed by atoms with E-state index in [9.17, 15) is 4.79 Å². The summed E-state index contributed by atoms with van der Waals surface area (Å²) in [4.78, 5) is 21.5. The van der Waals surface area contributed by atoms with Gasteiger partial charge in [0.25, 0.3) is 0 Å². The van der Waals surface area contributed by atoms with Crippen molar-refractivity contribution < 1.29 is 4.79 Å². The van der Waals surface area contributed by atoms with Crippen molar-refractivity contribution in [1.29, 1.82) is 0 Å². The van der Waals surface area contributed by atoms with Crippen molar-refractivity contribution in [2.75, 3.05) is 38.1 Å². The first-order valence-electron chi connectivity index (χ1n) is 11.0. The van der Waals surface area contributed by atoms with Gasteiger partial charge in [-0.15, -0.1) is 0 Å². The third kappa shape index (κ3) is 3.97. The molecule has 1 saturated carbocycles. The molecule has 2 fully saturated rings. The quantitative estimate of drug-likeness (QED) is 0.481. The summed E-state index contributed by atoms with van der Waals surface area (Å²) in [6.07, 6.45) is 5.86. The molecule has 2 heterocycles. The summed E-state index contributed by atoms with van der Waals surface area (Å²) in [5, 5.41) is 6.26. The number of likely N-dealkylation sites (N-methyl/N-ethyl adjacent to an activating group) is 1. The zero-order valence-corrected chi connectivity index (χ0v) is 18.2. The van der Waals surface area contributed by atoms with Crippen LogP contribution < -0.4 is 16.1 Å². The lowest BCUT2D eigenvalue weighted by atomic mass is 10.0. The van der Waals surface area contributed by atoms with Crippen LogP contribution in [0.4, 0.5) is 5.69 Å². The molecule has 7 heteroatoms. The van der Waals surface area contributed by atoms with E-state index < -0.39 is 5.54 Å². The summed E-state index contributed by atoms with van der Waals surface area (Å²) in [5.41, 5.74) is 11.8. The molecule has 32 heavy (non-hydrogen) atoms. The molecular formula is C25H28N6O. The van der Waals surface area contributed by atoms with Gasteiger partial charge in [-0.05, 0) is 42.6 Å². The van der Waals surface area contributed by atoms with Crippen molar-refractivity contribution in [1.82, 2.24) is 15.3 Å². The number of fused-ring (bicyclic) bond motifs is 1. The lowest BCUT2D eigenvalue weighted by molar-refractivity contribution is -0.122. The van der Waals surface area contributed by atoms with Crippen molar-refractivity contribution >= 4 is 28.6 Å². The highest BCUT2D eigenvalue weighted by atomic mass is 16.2. The largest absolute Gasteiger partial charge is 0.369 e. The molecule has 2 aromatic carbocycles. The van der Waals surface area contributed by atoms with Crippen LogP contribution in [-0.2, 0) is 10.3 Å². The van der Waals surface area contributed by atoms with Crippen LogP contribution in [0.3, 0.4) is 0 Å². The Balaban J connectivity index is 1.21. The number of nitrogens with two attached hydrogens (primary N) is 1. The predicted molar refractivity (Wildman–Crippen MR) is 128 cm³/mol. The number of nitrogens with zero attached hydrogens (tertiary/aromatic N) is 4. The molecule has 2 aliphatic rings. The first-order chi connectivity index (χ1) is 15.5. The van der Waals surface area contributed by atoms with Crippen LogP contribution in [0.25, 0.3) is 10.8 Å². The molecule has 2 atom stereocenters. The van der Waals surface area contributed by atoms with Gasteiger partial charge in [0, 0.05) is 55.2 Å². The van der Waals surface area contributed by atoms with Crippen LogP contribution >= 0.6 is 0 Å². The molecule has 3 N–H and O–H groups in total. The van der Waals surface area contributed by atoms with E-state index >= 15 is 0 Å². The maximum Gasteiger partial charge on any atom is 0.245 e. The zero-order chi connectivity index (χ0) is 22.1. The lowest BCUT2D eigenvalue weighted by Crippen LogP contribution is -2.44. The minimum absolute atomic E-state index is 0.145. The highest BCUT2D eigenvalue weighted by Crippen LogP contribution is 2.50. The highest BCUT2D eigenvalue weighted by molar-refractivity contribution is 5.99. The van der Waals surface area contributed by atoms with Crippen LogP contribution in [0, 0.1) is 5.92 Å². The Morgan fingerprint density at radius 1 is 1.16 bits per heavy atom. The van der Waals surface area contributed by atoms with Gasteiger partial charge in [0.1, 0.15) is 0 Å².